The van der Waals surface area contributed by atoms with Crippen molar-refractivity contribution in [2.75, 3.05) is 54.6 Å². The van der Waals surface area contributed by atoms with E-state index >= 15 is 0 Å². The average Bonchev–Trinajstić information content (AvgIpc) is 3.59. The van der Waals surface area contributed by atoms with Crippen LogP contribution in [0.25, 0.3) is 10.2 Å². The number of thiophene rings is 1. The van der Waals surface area contributed by atoms with Crippen molar-refractivity contribution in [3.8, 4) is 12.3 Å². The first-order chi connectivity index (χ1) is 19.5. The zero-order valence-electron chi connectivity index (χ0n) is 21.8. The number of carbonyl (C=O) groups is 3. The molecule has 2 amide bonds. The highest BCUT2D eigenvalue weighted by molar-refractivity contribution is 7.17. The van der Waals surface area contributed by atoms with E-state index in [9.17, 15) is 14.4 Å². The number of nitrogens with zero attached hydrogens (tertiary/aromatic N) is 4. The van der Waals surface area contributed by atoms with Crippen LogP contribution in [0.4, 0.5) is 22.0 Å². The molecule has 0 radical (unpaired) electrons. The lowest BCUT2D eigenvalue weighted by Gasteiger charge is -2.28. The molecule has 0 aliphatic carbocycles. The van der Waals surface area contributed by atoms with Crippen LogP contribution in [-0.4, -0.2) is 67.1 Å². The Morgan fingerprint density at radius 1 is 1.12 bits per heavy atom. The third-order valence-corrected chi connectivity index (χ3v) is 7.40. The third-order valence-electron chi connectivity index (χ3n) is 6.45. The molecule has 5 rings (SSSR count). The predicted octanol–water partition coefficient (Wildman–Crippen LogP) is 4.47. The number of anilines is 3. The van der Waals surface area contributed by atoms with E-state index in [1.165, 1.54) is 0 Å². The van der Waals surface area contributed by atoms with Crippen LogP contribution >= 0.6 is 11.3 Å². The molecule has 0 unspecified atom stereocenters. The van der Waals surface area contributed by atoms with Crippen LogP contribution < -0.4 is 15.1 Å². The Balaban J connectivity index is 1.48. The Morgan fingerprint density at radius 2 is 1.85 bits per heavy atom. The molecular formula is C29H27N5O5S. The van der Waals surface area contributed by atoms with Crippen LogP contribution in [0.15, 0.2) is 60.0 Å². The molecule has 2 aromatic carbocycles. The summed E-state index contributed by atoms with van der Waals surface area (Å²) in [6.07, 6.45) is 4.43. The zero-order valence-corrected chi connectivity index (χ0v) is 22.6. The molecule has 0 atom stereocenters. The fraction of sp³-hybridized carbons (Fsp3) is 0.241. The molecule has 1 aliphatic rings. The van der Waals surface area contributed by atoms with Crippen molar-refractivity contribution in [3.63, 3.8) is 0 Å². The Kier molecular flexibility index (Phi) is 8.10. The number of benzene rings is 2. The summed E-state index contributed by atoms with van der Waals surface area (Å²) in [6, 6.07) is 16.5. The van der Waals surface area contributed by atoms with E-state index in [1.54, 1.807) is 22.4 Å². The van der Waals surface area contributed by atoms with Gasteiger partial charge >= 0.3 is 6.09 Å². The average molecular weight is 558 g/mol. The van der Waals surface area contributed by atoms with Crippen LogP contribution in [0.2, 0.25) is 0 Å². The van der Waals surface area contributed by atoms with E-state index in [0.29, 0.717) is 41.1 Å². The van der Waals surface area contributed by atoms with Gasteiger partial charge in [-0.25, -0.2) is 4.79 Å². The summed E-state index contributed by atoms with van der Waals surface area (Å²) in [7, 11) is 0. The summed E-state index contributed by atoms with van der Waals surface area (Å²) < 4.78 is 11.5. The lowest BCUT2D eigenvalue weighted by atomic mass is 10.1. The molecule has 2 aromatic heterocycles. The van der Waals surface area contributed by atoms with Crippen LogP contribution in [0.5, 0.6) is 0 Å². The van der Waals surface area contributed by atoms with Gasteiger partial charge in [0.1, 0.15) is 4.83 Å². The number of fused-ring (bicyclic) bond motifs is 1. The molecule has 0 bridgehead atoms. The highest BCUT2D eigenvalue weighted by atomic mass is 32.1. The number of ether oxygens (including phenoxy) is 2. The first-order valence-electron chi connectivity index (χ1n) is 12.7. The van der Waals surface area contributed by atoms with Gasteiger partial charge in [0.05, 0.1) is 24.2 Å². The van der Waals surface area contributed by atoms with Gasteiger partial charge in [0.2, 0.25) is 0 Å². The number of carbonyl (C=O) groups excluding carboxylic acids is 3. The maximum atomic E-state index is 13.7. The lowest BCUT2D eigenvalue weighted by molar-refractivity contribution is 0.0987. The summed E-state index contributed by atoms with van der Waals surface area (Å²) in [6.45, 7) is 4.92. The van der Waals surface area contributed by atoms with Gasteiger partial charge in [-0.3, -0.25) is 9.59 Å². The number of rotatable bonds is 7. The van der Waals surface area contributed by atoms with E-state index in [0.717, 1.165) is 40.5 Å². The Bertz CT molecular complexity index is 1570. The standard InChI is InChI=1S/C29H27N5O5S/c1-3-16-39-29(37)34-28-24(23(19-40-28)27(36)33(4-2)22-8-6-5-7-9-22)25(31-34)30-26(35)20-10-12-21(13-11-20)32-14-17-38-18-15-32/h1,5-13,19H,4,14-18H2,2H3,(H,30,31,35). The topological polar surface area (TPSA) is 106 Å². The van der Waals surface area contributed by atoms with Crippen LogP contribution in [0, 0.1) is 12.3 Å². The van der Waals surface area contributed by atoms with Crippen molar-refractivity contribution in [2.24, 2.45) is 0 Å². The lowest BCUT2D eigenvalue weighted by Crippen LogP contribution is -2.36. The monoisotopic (exact) mass is 557 g/mol. The van der Waals surface area contributed by atoms with Crippen molar-refractivity contribution in [1.82, 2.24) is 9.78 Å². The molecular weight excluding hydrogens is 530 g/mol. The van der Waals surface area contributed by atoms with Gasteiger partial charge in [0.25, 0.3) is 11.8 Å². The van der Waals surface area contributed by atoms with Crippen molar-refractivity contribution in [2.45, 2.75) is 6.92 Å². The molecule has 1 saturated heterocycles. The molecule has 0 saturated carbocycles. The Hall–Kier alpha value is -4.66. The molecule has 0 spiro atoms. The number of nitrogens with one attached hydrogen (secondary N) is 1. The van der Waals surface area contributed by atoms with Gasteiger partial charge in [-0.05, 0) is 43.3 Å². The van der Waals surface area contributed by atoms with Gasteiger partial charge in [-0.2, -0.15) is 4.68 Å². The van der Waals surface area contributed by atoms with Gasteiger partial charge in [0, 0.05) is 42.0 Å². The second kappa shape index (κ2) is 12.0. The first-order valence-corrected chi connectivity index (χ1v) is 13.6. The van der Waals surface area contributed by atoms with E-state index in [2.05, 4.69) is 21.2 Å². The zero-order chi connectivity index (χ0) is 28.1. The fourth-order valence-electron chi connectivity index (χ4n) is 4.48. The maximum absolute atomic E-state index is 13.7. The summed E-state index contributed by atoms with van der Waals surface area (Å²) in [4.78, 5) is 43.9. The molecule has 11 heteroatoms. The number of morpholine rings is 1. The fourth-order valence-corrected chi connectivity index (χ4v) is 5.47. The normalized spacial score (nSPS) is 13.1. The molecule has 40 heavy (non-hydrogen) atoms. The number of hydrogen-bond donors (Lipinski definition) is 1. The van der Waals surface area contributed by atoms with Gasteiger partial charge in [-0.1, -0.05) is 24.1 Å². The van der Waals surface area contributed by atoms with Crippen molar-refractivity contribution in [3.05, 3.63) is 71.1 Å². The predicted molar refractivity (Wildman–Crippen MR) is 154 cm³/mol. The Labute approximate surface area is 235 Å². The van der Waals surface area contributed by atoms with E-state index < -0.39 is 12.0 Å². The van der Waals surface area contributed by atoms with Crippen molar-refractivity contribution in [1.29, 1.82) is 0 Å². The van der Waals surface area contributed by atoms with Gasteiger partial charge < -0.3 is 24.6 Å². The Morgan fingerprint density at radius 3 is 2.52 bits per heavy atom. The number of amides is 2. The summed E-state index contributed by atoms with van der Waals surface area (Å²) >= 11 is 1.15. The second-order valence-corrected chi connectivity index (χ2v) is 9.69. The highest BCUT2D eigenvalue weighted by Gasteiger charge is 2.28. The molecule has 1 N–H and O–H groups in total. The number of terminal acetylenes is 1. The highest BCUT2D eigenvalue weighted by Crippen LogP contribution is 2.34. The summed E-state index contributed by atoms with van der Waals surface area (Å²) in [5, 5.41) is 9.11. The molecule has 1 fully saturated rings. The molecule has 3 heterocycles. The summed E-state index contributed by atoms with van der Waals surface area (Å²) in [5.74, 6) is 1.60. The number of para-hydroxylation sites is 1. The minimum absolute atomic E-state index is 0.0728. The molecule has 1 aliphatic heterocycles. The van der Waals surface area contributed by atoms with Gasteiger partial charge in [0.15, 0.2) is 12.4 Å². The van der Waals surface area contributed by atoms with Crippen LogP contribution in [-0.2, 0) is 9.47 Å². The molecule has 204 valence electrons. The van der Waals surface area contributed by atoms with E-state index in [4.69, 9.17) is 15.9 Å². The van der Waals surface area contributed by atoms with E-state index in [1.807, 2.05) is 49.4 Å². The number of hydrogen-bond acceptors (Lipinski definition) is 8. The largest absolute Gasteiger partial charge is 0.437 e. The minimum atomic E-state index is -0.811. The van der Waals surface area contributed by atoms with Crippen molar-refractivity contribution >= 4 is 56.7 Å². The molecule has 10 nitrogen and oxygen atoms in total. The first kappa shape index (κ1) is 26.9. The smallest absolute Gasteiger partial charge is 0.435 e. The minimum Gasteiger partial charge on any atom is -0.435 e. The summed E-state index contributed by atoms with van der Waals surface area (Å²) in [5.41, 5.74) is 2.42. The SMILES string of the molecule is C#CCOC(=O)n1nc(NC(=O)c2ccc(N3CCOCC3)cc2)c2c(C(=O)N(CC)c3ccccc3)csc21. The van der Waals surface area contributed by atoms with E-state index in [-0.39, 0.29) is 18.3 Å². The van der Waals surface area contributed by atoms with Crippen molar-refractivity contribution < 1.29 is 23.9 Å². The van der Waals surface area contributed by atoms with Gasteiger partial charge in [-0.15, -0.1) is 22.9 Å². The van der Waals surface area contributed by atoms with Crippen LogP contribution in [0.3, 0.4) is 0 Å². The molecule has 4 aromatic rings. The third kappa shape index (κ3) is 5.40. The number of aromatic nitrogens is 2. The second-order valence-electron chi connectivity index (χ2n) is 8.83. The van der Waals surface area contributed by atoms with Crippen LogP contribution in [0.1, 0.15) is 27.6 Å². The quantitative estimate of drug-likeness (QED) is 0.334. The maximum Gasteiger partial charge on any atom is 0.437 e.